The van der Waals surface area contributed by atoms with Crippen LogP contribution in [0.2, 0.25) is 0 Å². The third kappa shape index (κ3) is 2.77. The van der Waals surface area contributed by atoms with Crippen LogP contribution in [0.1, 0.15) is 18.7 Å². The Hall–Kier alpha value is -1.25. The first kappa shape index (κ1) is 13.7. The molecule has 3 rings (SSSR count). The van der Waals surface area contributed by atoms with Gasteiger partial charge < -0.3 is 5.32 Å². The smallest absolute Gasteiger partial charge is 0.225 e. The minimum Gasteiger partial charge on any atom is -0.354 e. The minimum atomic E-state index is 0.677. The molecular weight excluding hydrogens is 310 g/mol. The Labute approximate surface area is 129 Å². The standard InChI is InChI=1S/C12H13N5S3/c1-3-7-5-8-9(18-7)16-11(13-4-2)17-10(8)19-12-14-6-15-20-12/h5-6H,3-4H2,1-2H3,(H,13,16,17). The van der Waals surface area contributed by atoms with Gasteiger partial charge in [0.2, 0.25) is 5.95 Å². The van der Waals surface area contributed by atoms with E-state index in [9.17, 15) is 0 Å². The fraction of sp³-hybridized carbons (Fsp3) is 0.333. The SMILES string of the molecule is CCNc1nc(Sc2ncns2)c2cc(CC)sc2n1. The highest BCUT2D eigenvalue weighted by atomic mass is 32.2. The average Bonchev–Trinajstić information content (AvgIpc) is 3.07. The van der Waals surface area contributed by atoms with Crippen molar-refractivity contribution in [2.24, 2.45) is 0 Å². The van der Waals surface area contributed by atoms with Gasteiger partial charge in [-0.15, -0.1) is 11.3 Å². The maximum atomic E-state index is 4.60. The van der Waals surface area contributed by atoms with Crippen LogP contribution in [-0.2, 0) is 6.42 Å². The highest BCUT2D eigenvalue weighted by Crippen LogP contribution is 2.36. The molecule has 1 N–H and O–H groups in total. The number of anilines is 1. The molecule has 3 aromatic heterocycles. The molecule has 20 heavy (non-hydrogen) atoms. The van der Waals surface area contributed by atoms with Gasteiger partial charge in [-0.3, -0.25) is 0 Å². The van der Waals surface area contributed by atoms with Crippen LogP contribution in [-0.4, -0.2) is 25.9 Å². The molecule has 0 aliphatic heterocycles. The third-order valence-corrected chi connectivity index (χ3v) is 5.51. The summed E-state index contributed by atoms with van der Waals surface area (Å²) < 4.78 is 4.93. The zero-order valence-electron chi connectivity index (χ0n) is 11.1. The molecule has 104 valence electrons. The van der Waals surface area contributed by atoms with Crippen molar-refractivity contribution in [3.63, 3.8) is 0 Å². The van der Waals surface area contributed by atoms with E-state index in [-0.39, 0.29) is 0 Å². The Morgan fingerprint density at radius 3 is 2.90 bits per heavy atom. The van der Waals surface area contributed by atoms with Gasteiger partial charge in [0.1, 0.15) is 16.2 Å². The maximum Gasteiger partial charge on any atom is 0.225 e. The van der Waals surface area contributed by atoms with Crippen molar-refractivity contribution in [1.82, 2.24) is 19.3 Å². The summed E-state index contributed by atoms with van der Waals surface area (Å²) in [5.74, 6) is 0.677. The van der Waals surface area contributed by atoms with Gasteiger partial charge >= 0.3 is 0 Å². The number of hydrogen-bond donors (Lipinski definition) is 1. The Morgan fingerprint density at radius 1 is 1.30 bits per heavy atom. The topological polar surface area (TPSA) is 63.6 Å². The fourth-order valence-corrected chi connectivity index (χ4v) is 4.21. The van der Waals surface area contributed by atoms with Gasteiger partial charge in [-0.05, 0) is 42.7 Å². The largest absolute Gasteiger partial charge is 0.354 e. The molecule has 8 heteroatoms. The average molecular weight is 323 g/mol. The number of nitrogens with one attached hydrogen (secondary N) is 1. The molecule has 0 bridgehead atoms. The highest BCUT2D eigenvalue weighted by Gasteiger charge is 2.13. The van der Waals surface area contributed by atoms with E-state index < -0.39 is 0 Å². The summed E-state index contributed by atoms with van der Waals surface area (Å²) in [4.78, 5) is 15.7. The molecule has 0 aromatic carbocycles. The molecule has 0 saturated heterocycles. The first-order valence-corrected chi connectivity index (χ1v) is 8.69. The van der Waals surface area contributed by atoms with Gasteiger partial charge in [0.05, 0.1) is 0 Å². The van der Waals surface area contributed by atoms with E-state index in [2.05, 4.69) is 37.6 Å². The van der Waals surface area contributed by atoms with E-state index in [4.69, 9.17) is 0 Å². The van der Waals surface area contributed by atoms with E-state index in [0.717, 1.165) is 32.5 Å². The second-order valence-electron chi connectivity index (χ2n) is 3.98. The zero-order valence-corrected chi connectivity index (χ0v) is 13.5. The first-order valence-electron chi connectivity index (χ1n) is 6.29. The molecule has 0 unspecified atom stereocenters. The predicted octanol–water partition coefficient (Wildman–Crippen LogP) is 3.69. The number of fused-ring (bicyclic) bond motifs is 1. The van der Waals surface area contributed by atoms with Crippen molar-refractivity contribution >= 4 is 50.8 Å². The van der Waals surface area contributed by atoms with Crippen molar-refractivity contribution in [2.75, 3.05) is 11.9 Å². The number of aryl methyl sites for hydroxylation is 1. The van der Waals surface area contributed by atoms with Crippen LogP contribution in [0.5, 0.6) is 0 Å². The lowest BCUT2D eigenvalue weighted by atomic mass is 10.3. The maximum absolute atomic E-state index is 4.60. The second kappa shape index (κ2) is 6.02. The molecule has 0 spiro atoms. The molecule has 0 radical (unpaired) electrons. The molecule has 5 nitrogen and oxygen atoms in total. The van der Waals surface area contributed by atoms with Gasteiger partial charge in [-0.25, -0.2) is 15.0 Å². The van der Waals surface area contributed by atoms with E-state index >= 15 is 0 Å². The van der Waals surface area contributed by atoms with Crippen molar-refractivity contribution in [2.45, 2.75) is 29.6 Å². The number of nitrogens with zero attached hydrogens (tertiary/aromatic N) is 4. The van der Waals surface area contributed by atoms with Gasteiger partial charge in [-0.1, -0.05) is 6.92 Å². The summed E-state index contributed by atoms with van der Waals surface area (Å²) in [6, 6.07) is 2.18. The molecule has 0 amide bonds. The van der Waals surface area contributed by atoms with Crippen LogP contribution in [0, 0.1) is 0 Å². The minimum absolute atomic E-state index is 0.677. The fourth-order valence-electron chi connectivity index (χ4n) is 1.73. The lowest BCUT2D eigenvalue weighted by molar-refractivity contribution is 1.05. The monoisotopic (exact) mass is 323 g/mol. The summed E-state index contributed by atoms with van der Waals surface area (Å²) in [6.45, 7) is 5.00. The van der Waals surface area contributed by atoms with Crippen LogP contribution >= 0.6 is 34.6 Å². The highest BCUT2D eigenvalue weighted by molar-refractivity contribution is 8.01. The van der Waals surface area contributed by atoms with Gasteiger partial charge in [0.15, 0.2) is 4.34 Å². The summed E-state index contributed by atoms with van der Waals surface area (Å²) in [7, 11) is 0. The number of aromatic nitrogens is 4. The Bertz CT molecular complexity index is 707. The lowest BCUT2D eigenvalue weighted by Crippen LogP contribution is -2.02. The molecule has 0 atom stereocenters. The van der Waals surface area contributed by atoms with Crippen molar-refractivity contribution < 1.29 is 0 Å². The Balaban J connectivity index is 2.08. The van der Waals surface area contributed by atoms with Gasteiger partial charge in [0, 0.05) is 16.8 Å². The molecule has 3 heterocycles. The van der Waals surface area contributed by atoms with Crippen LogP contribution in [0.3, 0.4) is 0 Å². The molecule has 3 aromatic rings. The van der Waals surface area contributed by atoms with E-state index in [1.165, 1.54) is 16.4 Å². The molecule has 0 aliphatic carbocycles. The summed E-state index contributed by atoms with van der Waals surface area (Å²) in [6.07, 6.45) is 2.59. The van der Waals surface area contributed by atoms with Gasteiger partial charge in [-0.2, -0.15) is 4.37 Å². The number of rotatable bonds is 5. The summed E-state index contributed by atoms with van der Waals surface area (Å²) >= 11 is 4.66. The quantitative estimate of drug-likeness (QED) is 0.723. The number of hydrogen-bond acceptors (Lipinski definition) is 8. The molecule has 0 fully saturated rings. The number of thiophene rings is 1. The Morgan fingerprint density at radius 2 is 2.20 bits per heavy atom. The van der Waals surface area contributed by atoms with Crippen LogP contribution < -0.4 is 5.32 Å². The van der Waals surface area contributed by atoms with E-state index in [1.807, 2.05) is 6.92 Å². The van der Waals surface area contributed by atoms with Crippen molar-refractivity contribution in [1.29, 1.82) is 0 Å². The third-order valence-electron chi connectivity index (χ3n) is 2.62. The van der Waals surface area contributed by atoms with Crippen LogP contribution in [0.4, 0.5) is 5.95 Å². The normalized spacial score (nSPS) is 11.1. The van der Waals surface area contributed by atoms with Crippen molar-refractivity contribution in [3.05, 3.63) is 17.3 Å². The molecular formula is C12H13N5S3. The molecule has 0 saturated carbocycles. The second-order valence-corrected chi connectivity index (χ2v) is 7.11. The molecule has 0 aliphatic rings. The summed E-state index contributed by atoms with van der Waals surface area (Å²) in [5, 5.41) is 5.23. The van der Waals surface area contributed by atoms with Crippen LogP contribution in [0.25, 0.3) is 10.2 Å². The predicted molar refractivity (Wildman–Crippen MR) is 85.0 cm³/mol. The van der Waals surface area contributed by atoms with E-state index in [1.54, 1.807) is 29.4 Å². The van der Waals surface area contributed by atoms with E-state index in [0.29, 0.717) is 5.95 Å². The van der Waals surface area contributed by atoms with Crippen LogP contribution in [0.15, 0.2) is 21.8 Å². The Kier molecular flexibility index (Phi) is 4.13. The zero-order chi connectivity index (χ0) is 13.9. The lowest BCUT2D eigenvalue weighted by Gasteiger charge is -2.04. The first-order chi connectivity index (χ1) is 9.80. The summed E-state index contributed by atoms with van der Waals surface area (Å²) in [5.41, 5.74) is 0. The van der Waals surface area contributed by atoms with Crippen molar-refractivity contribution in [3.8, 4) is 0 Å². The van der Waals surface area contributed by atoms with Gasteiger partial charge in [0.25, 0.3) is 0 Å².